The lowest BCUT2D eigenvalue weighted by Gasteiger charge is -2.26. The van der Waals surface area contributed by atoms with Gasteiger partial charge in [0, 0.05) is 18.7 Å². The van der Waals surface area contributed by atoms with Gasteiger partial charge in [-0.1, -0.05) is 55.8 Å². The van der Waals surface area contributed by atoms with Crippen LogP contribution < -0.4 is 0 Å². The number of alkyl halides is 3. The second-order valence-electron chi connectivity index (χ2n) is 7.48. The summed E-state index contributed by atoms with van der Waals surface area (Å²) in [6.45, 7) is 3.68. The van der Waals surface area contributed by atoms with Crippen LogP contribution in [-0.2, 0) is 12.6 Å². The van der Waals surface area contributed by atoms with Crippen LogP contribution in [-0.4, -0.2) is 30.3 Å². The van der Waals surface area contributed by atoms with Crippen molar-refractivity contribution in [1.82, 2.24) is 4.90 Å². The largest absolute Gasteiger partial charge is 0.416 e. The maximum absolute atomic E-state index is 12.9. The molecule has 0 fully saturated rings. The van der Waals surface area contributed by atoms with Crippen LogP contribution in [0.5, 0.6) is 0 Å². The molecule has 0 amide bonds. The van der Waals surface area contributed by atoms with Crippen LogP contribution >= 0.6 is 0 Å². The zero-order valence-electron chi connectivity index (χ0n) is 16.6. The van der Waals surface area contributed by atoms with Gasteiger partial charge < -0.3 is 0 Å². The first-order valence-corrected chi connectivity index (χ1v) is 10.1. The van der Waals surface area contributed by atoms with Crippen molar-refractivity contribution in [3.63, 3.8) is 0 Å². The molecule has 29 heavy (non-hydrogen) atoms. The lowest BCUT2D eigenvalue weighted by atomic mass is 9.96. The molecule has 0 atom stereocenters. The van der Waals surface area contributed by atoms with Gasteiger partial charge in [0.1, 0.15) is 0 Å². The average Bonchev–Trinajstić information content (AvgIpc) is 2.72. The highest BCUT2D eigenvalue weighted by Gasteiger charge is 2.30. The number of aryl methyl sites for hydroxylation is 1. The molecule has 1 aliphatic heterocycles. The highest BCUT2D eigenvalue weighted by atomic mass is 19.4. The van der Waals surface area contributed by atoms with Gasteiger partial charge in [-0.2, -0.15) is 13.2 Å². The van der Waals surface area contributed by atoms with Gasteiger partial charge in [-0.3, -0.25) is 9.69 Å². The van der Waals surface area contributed by atoms with E-state index in [0.29, 0.717) is 31.6 Å². The quantitative estimate of drug-likeness (QED) is 0.529. The SMILES string of the molecule is CCCCc1ccccc1C(=O)CN1CC=C(c2cccc(C(F)(F)F)c2)CC1. The van der Waals surface area contributed by atoms with Gasteiger partial charge in [-0.05, 0) is 48.1 Å². The molecule has 1 aliphatic rings. The summed E-state index contributed by atoms with van der Waals surface area (Å²) in [5.74, 6) is 0.104. The predicted molar refractivity (Wildman–Crippen MR) is 110 cm³/mol. The Hall–Kier alpha value is -2.40. The van der Waals surface area contributed by atoms with Crippen LogP contribution in [0.15, 0.2) is 54.6 Å². The number of carbonyl (C=O) groups is 1. The number of hydrogen-bond donors (Lipinski definition) is 0. The van der Waals surface area contributed by atoms with Crippen LogP contribution in [0.1, 0.15) is 53.2 Å². The summed E-state index contributed by atoms with van der Waals surface area (Å²) in [6.07, 6.45) is 1.27. The summed E-state index contributed by atoms with van der Waals surface area (Å²) in [4.78, 5) is 14.9. The third-order valence-electron chi connectivity index (χ3n) is 5.34. The Morgan fingerprint density at radius 3 is 2.59 bits per heavy atom. The first-order chi connectivity index (χ1) is 13.9. The van der Waals surface area contributed by atoms with Crippen LogP contribution in [0.3, 0.4) is 0 Å². The number of ketones is 1. The molecule has 0 radical (unpaired) electrons. The minimum atomic E-state index is -4.34. The van der Waals surface area contributed by atoms with E-state index in [2.05, 4.69) is 11.8 Å². The van der Waals surface area contributed by atoms with Gasteiger partial charge in [-0.15, -0.1) is 0 Å². The Kier molecular flexibility index (Phi) is 6.91. The molecule has 2 aromatic carbocycles. The van der Waals surface area contributed by atoms with E-state index >= 15 is 0 Å². The minimum Gasteiger partial charge on any atom is -0.293 e. The zero-order chi connectivity index (χ0) is 20.9. The van der Waals surface area contributed by atoms with Gasteiger partial charge in [0.15, 0.2) is 5.78 Å². The van der Waals surface area contributed by atoms with E-state index in [-0.39, 0.29) is 5.78 Å². The van der Waals surface area contributed by atoms with Gasteiger partial charge in [0.25, 0.3) is 0 Å². The van der Waals surface area contributed by atoms with Crippen molar-refractivity contribution >= 4 is 11.4 Å². The second kappa shape index (κ2) is 9.40. The fourth-order valence-electron chi connectivity index (χ4n) is 3.68. The van der Waals surface area contributed by atoms with Crippen LogP contribution in [0.2, 0.25) is 0 Å². The summed E-state index contributed by atoms with van der Waals surface area (Å²) in [6, 6.07) is 13.2. The van der Waals surface area contributed by atoms with Gasteiger partial charge in [0.05, 0.1) is 12.1 Å². The van der Waals surface area contributed by atoms with Gasteiger partial charge in [0.2, 0.25) is 0 Å². The molecule has 0 saturated heterocycles. The molecule has 2 aromatic rings. The highest BCUT2D eigenvalue weighted by molar-refractivity contribution is 5.99. The van der Waals surface area contributed by atoms with E-state index in [1.54, 1.807) is 6.07 Å². The van der Waals surface area contributed by atoms with Crippen molar-refractivity contribution < 1.29 is 18.0 Å². The molecule has 0 aromatic heterocycles. The van der Waals surface area contributed by atoms with Crippen molar-refractivity contribution in [2.45, 2.75) is 38.8 Å². The van der Waals surface area contributed by atoms with Crippen molar-refractivity contribution in [2.75, 3.05) is 19.6 Å². The Labute approximate surface area is 170 Å². The molecule has 0 bridgehead atoms. The third kappa shape index (κ3) is 5.57. The highest BCUT2D eigenvalue weighted by Crippen LogP contribution is 2.32. The molecule has 0 N–H and O–H groups in total. The fourth-order valence-corrected chi connectivity index (χ4v) is 3.68. The van der Waals surface area contributed by atoms with E-state index < -0.39 is 11.7 Å². The topological polar surface area (TPSA) is 20.3 Å². The van der Waals surface area contributed by atoms with Crippen molar-refractivity contribution in [3.05, 3.63) is 76.9 Å². The fraction of sp³-hybridized carbons (Fsp3) is 0.375. The summed E-state index contributed by atoms with van der Waals surface area (Å²) < 4.78 is 38.8. The summed E-state index contributed by atoms with van der Waals surface area (Å²) >= 11 is 0. The van der Waals surface area contributed by atoms with Crippen LogP contribution in [0, 0.1) is 0 Å². The molecule has 1 heterocycles. The molecule has 3 rings (SSSR count). The Morgan fingerprint density at radius 2 is 1.90 bits per heavy atom. The first kappa shape index (κ1) is 21.3. The average molecular weight is 401 g/mol. The first-order valence-electron chi connectivity index (χ1n) is 10.1. The van der Waals surface area contributed by atoms with E-state index in [4.69, 9.17) is 0 Å². The normalized spacial score (nSPS) is 15.2. The molecule has 0 unspecified atom stereocenters. The lowest BCUT2D eigenvalue weighted by molar-refractivity contribution is -0.137. The molecule has 0 saturated carbocycles. The molecular formula is C24H26F3NO. The van der Waals surface area contributed by atoms with Crippen molar-refractivity contribution in [2.24, 2.45) is 0 Å². The minimum absolute atomic E-state index is 0.104. The van der Waals surface area contributed by atoms with Gasteiger partial charge >= 0.3 is 6.18 Å². The Bertz CT molecular complexity index is 886. The second-order valence-corrected chi connectivity index (χ2v) is 7.48. The number of Topliss-reactive ketones (excluding diaryl/α,β-unsaturated/α-hetero) is 1. The van der Waals surface area contributed by atoms with E-state index in [9.17, 15) is 18.0 Å². The van der Waals surface area contributed by atoms with Crippen molar-refractivity contribution in [1.29, 1.82) is 0 Å². The smallest absolute Gasteiger partial charge is 0.293 e. The van der Waals surface area contributed by atoms with Crippen molar-refractivity contribution in [3.8, 4) is 0 Å². The number of halogens is 3. The maximum Gasteiger partial charge on any atom is 0.416 e. The number of carbonyl (C=O) groups excluding carboxylic acids is 1. The van der Waals surface area contributed by atoms with E-state index in [0.717, 1.165) is 42.0 Å². The third-order valence-corrected chi connectivity index (χ3v) is 5.34. The number of rotatable bonds is 7. The van der Waals surface area contributed by atoms with Gasteiger partial charge in [-0.25, -0.2) is 0 Å². The van der Waals surface area contributed by atoms with Crippen LogP contribution in [0.4, 0.5) is 13.2 Å². The number of benzene rings is 2. The summed E-state index contributed by atoms with van der Waals surface area (Å²) in [7, 11) is 0. The van der Waals surface area contributed by atoms with E-state index in [1.165, 1.54) is 12.1 Å². The Morgan fingerprint density at radius 1 is 1.10 bits per heavy atom. The standard InChI is InChI=1S/C24H26F3NO/c1-2-3-7-19-8-4-5-11-22(19)23(29)17-28-14-12-18(13-15-28)20-9-6-10-21(16-20)24(25,26)27/h4-6,8-12,16H,2-3,7,13-15,17H2,1H3. The zero-order valence-corrected chi connectivity index (χ0v) is 16.6. The Balaban J connectivity index is 1.65. The number of unbranched alkanes of at least 4 members (excludes halogenated alkanes) is 1. The maximum atomic E-state index is 12.9. The monoisotopic (exact) mass is 401 g/mol. The summed E-state index contributed by atoms with van der Waals surface area (Å²) in [5, 5.41) is 0. The number of nitrogens with zero attached hydrogens (tertiary/aromatic N) is 1. The predicted octanol–water partition coefficient (Wildman–Crippen LogP) is 6.02. The molecular weight excluding hydrogens is 375 g/mol. The van der Waals surface area contributed by atoms with E-state index in [1.807, 2.05) is 30.3 Å². The number of hydrogen-bond acceptors (Lipinski definition) is 2. The summed E-state index contributed by atoms with van der Waals surface area (Å²) in [5.41, 5.74) is 2.77. The molecule has 154 valence electrons. The molecule has 2 nitrogen and oxygen atoms in total. The van der Waals surface area contributed by atoms with Crippen LogP contribution in [0.25, 0.3) is 5.57 Å². The molecule has 0 aliphatic carbocycles. The molecule has 0 spiro atoms. The lowest BCUT2D eigenvalue weighted by Crippen LogP contribution is -2.33. The molecule has 5 heteroatoms.